The molecule has 0 fully saturated rings. The fourth-order valence-corrected chi connectivity index (χ4v) is 2.41. The maximum absolute atomic E-state index is 5.70. The molecule has 1 atom stereocenters. The first-order valence-electron chi connectivity index (χ1n) is 7.28. The molecule has 0 aromatic heterocycles. The first kappa shape index (κ1) is 14.8. The lowest BCUT2D eigenvalue weighted by Gasteiger charge is -2.16. The molecule has 2 aromatic carbocycles. The maximum Gasteiger partial charge on any atom is 0.0291 e. The topological polar surface area (TPSA) is 38.0 Å². The Morgan fingerprint density at radius 1 is 0.850 bits per heavy atom. The molecule has 0 bridgehead atoms. The molecule has 0 spiro atoms. The van der Waals surface area contributed by atoms with E-state index in [2.05, 4.69) is 67.8 Å². The van der Waals surface area contributed by atoms with Crippen molar-refractivity contribution in [2.24, 2.45) is 5.84 Å². The second kappa shape index (κ2) is 7.22. The normalized spacial score (nSPS) is 12.6. The Bertz CT molecular complexity index is 503. The molecule has 0 saturated heterocycles. The molecule has 0 heterocycles. The van der Waals surface area contributed by atoms with Gasteiger partial charge in [0.25, 0.3) is 0 Å². The van der Waals surface area contributed by atoms with E-state index in [0.717, 1.165) is 12.8 Å². The van der Waals surface area contributed by atoms with Gasteiger partial charge in [-0.05, 0) is 35.4 Å². The SMILES string of the molecule is CC(C)c1ccc(CC(Cc2ccccc2)NN)cc1. The lowest BCUT2D eigenvalue weighted by molar-refractivity contribution is 0.522. The Morgan fingerprint density at radius 2 is 1.40 bits per heavy atom. The van der Waals surface area contributed by atoms with Crippen molar-refractivity contribution in [2.75, 3.05) is 0 Å². The van der Waals surface area contributed by atoms with Crippen LogP contribution in [0.2, 0.25) is 0 Å². The lowest BCUT2D eigenvalue weighted by atomic mass is 9.96. The van der Waals surface area contributed by atoms with Gasteiger partial charge in [0.15, 0.2) is 0 Å². The number of nitrogens with two attached hydrogens (primary N) is 1. The Balaban J connectivity index is 1.99. The van der Waals surface area contributed by atoms with Crippen molar-refractivity contribution in [2.45, 2.75) is 38.6 Å². The highest BCUT2D eigenvalue weighted by Crippen LogP contribution is 2.16. The van der Waals surface area contributed by atoms with Crippen LogP contribution < -0.4 is 11.3 Å². The number of hydrogen-bond acceptors (Lipinski definition) is 2. The summed E-state index contributed by atoms with van der Waals surface area (Å²) in [5.41, 5.74) is 6.96. The van der Waals surface area contributed by atoms with E-state index in [1.54, 1.807) is 0 Å². The third-order valence-electron chi connectivity index (χ3n) is 3.69. The highest BCUT2D eigenvalue weighted by Gasteiger charge is 2.09. The molecule has 2 rings (SSSR count). The molecular formula is C18H24N2. The van der Waals surface area contributed by atoms with Gasteiger partial charge in [0.05, 0.1) is 0 Å². The minimum absolute atomic E-state index is 0.266. The maximum atomic E-state index is 5.70. The number of nitrogens with one attached hydrogen (secondary N) is 1. The van der Waals surface area contributed by atoms with Crippen LogP contribution in [0.4, 0.5) is 0 Å². The molecule has 2 aromatic rings. The van der Waals surface area contributed by atoms with Gasteiger partial charge in [0.2, 0.25) is 0 Å². The van der Waals surface area contributed by atoms with Crippen molar-refractivity contribution in [1.29, 1.82) is 0 Å². The van der Waals surface area contributed by atoms with Gasteiger partial charge in [-0.3, -0.25) is 11.3 Å². The van der Waals surface area contributed by atoms with Gasteiger partial charge in [-0.25, -0.2) is 0 Å². The van der Waals surface area contributed by atoms with E-state index in [9.17, 15) is 0 Å². The van der Waals surface area contributed by atoms with Gasteiger partial charge in [0, 0.05) is 6.04 Å². The summed E-state index contributed by atoms with van der Waals surface area (Å²) in [6.45, 7) is 4.43. The van der Waals surface area contributed by atoms with E-state index in [0.29, 0.717) is 5.92 Å². The van der Waals surface area contributed by atoms with Crippen LogP contribution in [0.3, 0.4) is 0 Å². The minimum atomic E-state index is 0.266. The predicted octanol–water partition coefficient (Wildman–Crippen LogP) is 3.43. The average molecular weight is 268 g/mol. The van der Waals surface area contributed by atoms with Crippen LogP contribution in [0.5, 0.6) is 0 Å². The summed E-state index contributed by atoms with van der Waals surface area (Å²) in [5.74, 6) is 6.28. The molecule has 3 N–H and O–H groups in total. The zero-order chi connectivity index (χ0) is 14.4. The molecule has 0 amide bonds. The Morgan fingerprint density at radius 3 is 1.90 bits per heavy atom. The van der Waals surface area contributed by atoms with Crippen molar-refractivity contribution in [3.63, 3.8) is 0 Å². The van der Waals surface area contributed by atoms with Crippen molar-refractivity contribution in [3.05, 3.63) is 71.3 Å². The highest BCUT2D eigenvalue weighted by molar-refractivity contribution is 5.26. The Labute approximate surface area is 122 Å². The van der Waals surface area contributed by atoms with Crippen LogP contribution in [0.15, 0.2) is 54.6 Å². The monoisotopic (exact) mass is 268 g/mol. The number of benzene rings is 2. The average Bonchev–Trinajstić information content (AvgIpc) is 2.48. The van der Waals surface area contributed by atoms with E-state index in [4.69, 9.17) is 5.84 Å². The summed E-state index contributed by atoms with van der Waals surface area (Å²) < 4.78 is 0. The number of rotatable bonds is 6. The summed E-state index contributed by atoms with van der Waals surface area (Å²) in [6, 6.07) is 19.6. The molecule has 2 nitrogen and oxygen atoms in total. The fraction of sp³-hybridized carbons (Fsp3) is 0.333. The molecule has 2 heteroatoms. The van der Waals surface area contributed by atoms with Crippen LogP contribution in [0.25, 0.3) is 0 Å². The van der Waals surface area contributed by atoms with Gasteiger partial charge in [-0.1, -0.05) is 68.4 Å². The van der Waals surface area contributed by atoms with E-state index >= 15 is 0 Å². The van der Waals surface area contributed by atoms with E-state index in [-0.39, 0.29) is 6.04 Å². The van der Waals surface area contributed by atoms with Crippen molar-refractivity contribution in [1.82, 2.24) is 5.43 Å². The molecule has 0 aliphatic heterocycles. The van der Waals surface area contributed by atoms with E-state index in [1.165, 1.54) is 16.7 Å². The molecule has 0 radical (unpaired) electrons. The van der Waals surface area contributed by atoms with Gasteiger partial charge < -0.3 is 0 Å². The van der Waals surface area contributed by atoms with E-state index < -0.39 is 0 Å². The van der Waals surface area contributed by atoms with Crippen LogP contribution in [0, 0.1) is 0 Å². The third kappa shape index (κ3) is 4.19. The summed E-state index contributed by atoms with van der Waals surface area (Å²) in [6.07, 6.45) is 1.90. The molecular weight excluding hydrogens is 244 g/mol. The summed E-state index contributed by atoms with van der Waals surface area (Å²) in [5, 5.41) is 0. The van der Waals surface area contributed by atoms with Gasteiger partial charge in [-0.15, -0.1) is 0 Å². The smallest absolute Gasteiger partial charge is 0.0291 e. The summed E-state index contributed by atoms with van der Waals surface area (Å²) in [7, 11) is 0. The molecule has 0 aliphatic rings. The second-order valence-corrected chi connectivity index (χ2v) is 5.65. The van der Waals surface area contributed by atoms with E-state index in [1.807, 2.05) is 6.07 Å². The van der Waals surface area contributed by atoms with Crippen molar-refractivity contribution < 1.29 is 0 Å². The number of hydrogen-bond donors (Lipinski definition) is 2. The second-order valence-electron chi connectivity index (χ2n) is 5.65. The van der Waals surface area contributed by atoms with Crippen LogP contribution in [-0.4, -0.2) is 6.04 Å². The van der Waals surface area contributed by atoms with Crippen molar-refractivity contribution >= 4 is 0 Å². The van der Waals surface area contributed by atoms with Crippen LogP contribution in [0.1, 0.15) is 36.5 Å². The molecule has 1 unspecified atom stereocenters. The lowest BCUT2D eigenvalue weighted by Crippen LogP contribution is -2.38. The molecule has 0 saturated carbocycles. The highest BCUT2D eigenvalue weighted by atomic mass is 15.2. The standard InChI is InChI=1S/C18H24N2/c1-14(2)17-10-8-16(9-11-17)13-18(20-19)12-15-6-4-3-5-7-15/h3-11,14,18,20H,12-13,19H2,1-2H3. The van der Waals surface area contributed by atoms with Gasteiger partial charge in [0.1, 0.15) is 0 Å². The Kier molecular flexibility index (Phi) is 5.33. The Hall–Kier alpha value is -1.64. The summed E-state index contributed by atoms with van der Waals surface area (Å²) in [4.78, 5) is 0. The largest absolute Gasteiger partial charge is 0.271 e. The summed E-state index contributed by atoms with van der Waals surface area (Å²) >= 11 is 0. The third-order valence-corrected chi connectivity index (χ3v) is 3.69. The molecule has 106 valence electrons. The fourth-order valence-electron chi connectivity index (χ4n) is 2.41. The minimum Gasteiger partial charge on any atom is -0.271 e. The van der Waals surface area contributed by atoms with Gasteiger partial charge in [-0.2, -0.15) is 0 Å². The van der Waals surface area contributed by atoms with Crippen LogP contribution >= 0.6 is 0 Å². The zero-order valence-corrected chi connectivity index (χ0v) is 12.3. The predicted molar refractivity (Wildman–Crippen MR) is 85.5 cm³/mol. The van der Waals surface area contributed by atoms with Crippen molar-refractivity contribution in [3.8, 4) is 0 Å². The zero-order valence-electron chi connectivity index (χ0n) is 12.3. The molecule has 0 aliphatic carbocycles. The first-order valence-corrected chi connectivity index (χ1v) is 7.28. The van der Waals surface area contributed by atoms with Gasteiger partial charge >= 0.3 is 0 Å². The molecule has 20 heavy (non-hydrogen) atoms. The number of hydrazine groups is 1. The quantitative estimate of drug-likeness (QED) is 0.622. The van der Waals surface area contributed by atoms with Crippen LogP contribution in [-0.2, 0) is 12.8 Å². The first-order chi connectivity index (χ1) is 9.69.